The van der Waals surface area contributed by atoms with Gasteiger partial charge in [-0.15, -0.1) is 0 Å². The molecule has 186 valence electrons. The Balaban J connectivity index is 1.26. The van der Waals surface area contributed by atoms with Gasteiger partial charge in [-0.1, -0.05) is 54.6 Å². The molecular formula is C33H31NO3. The van der Waals surface area contributed by atoms with E-state index in [1.54, 1.807) is 24.3 Å². The highest BCUT2D eigenvalue weighted by Crippen LogP contribution is 2.34. The molecule has 0 radical (unpaired) electrons. The predicted molar refractivity (Wildman–Crippen MR) is 151 cm³/mol. The van der Waals surface area contributed by atoms with Crippen LogP contribution in [-0.4, -0.2) is 28.3 Å². The number of aromatic hydroxyl groups is 2. The number of benzene rings is 4. The predicted octanol–water partition coefficient (Wildman–Crippen LogP) is 7.57. The Morgan fingerprint density at radius 3 is 2.16 bits per heavy atom. The topological polar surface area (TPSA) is 52.9 Å². The number of hydrogen-bond acceptors (Lipinski definition) is 4. The highest BCUT2D eigenvalue weighted by atomic mass is 16.5. The molecule has 0 atom stereocenters. The van der Waals surface area contributed by atoms with E-state index in [2.05, 4.69) is 35.5 Å². The van der Waals surface area contributed by atoms with E-state index in [4.69, 9.17) is 4.74 Å². The van der Waals surface area contributed by atoms with E-state index < -0.39 is 0 Å². The van der Waals surface area contributed by atoms with Crippen LogP contribution in [0.3, 0.4) is 0 Å². The summed E-state index contributed by atoms with van der Waals surface area (Å²) in [6.07, 6.45) is 15.1. The first kappa shape index (κ1) is 24.3. The van der Waals surface area contributed by atoms with Crippen LogP contribution in [0.4, 0.5) is 0 Å². The molecule has 4 heteroatoms. The fraction of sp³-hybridized carbons (Fsp3) is 0.152. The summed E-state index contributed by atoms with van der Waals surface area (Å²) in [5.74, 6) is 1.39. The minimum Gasteiger partial charge on any atom is -0.508 e. The van der Waals surface area contributed by atoms with Crippen LogP contribution in [0.15, 0.2) is 116 Å². The van der Waals surface area contributed by atoms with Crippen LogP contribution in [0.25, 0.3) is 21.9 Å². The molecule has 0 unspecified atom stereocenters. The van der Waals surface area contributed by atoms with Crippen molar-refractivity contribution in [1.82, 2.24) is 4.90 Å². The van der Waals surface area contributed by atoms with Crippen molar-refractivity contribution in [3.05, 3.63) is 127 Å². The summed E-state index contributed by atoms with van der Waals surface area (Å²) in [6, 6.07) is 25.3. The SMILES string of the molecule is Oc1ccc(-c2ccc3cc(O)ccc3c2Cc2ccc(OCCCCN3C=CC=CC=C3)cc2)cc1. The summed E-state index contributed by atoms with van der Waals surface area (Å²) in [4.78, 5) is 2.19. The van der Waals surface area contributed by atoms with Crippen LogP contribution in [0.5, 0.6) is 17.2 Å². The van der Waals surface area contributed by atoms with Gasteiger partial charge in [-0.05, 0) is 101 Å². The first-order valence-corrected chi connectivity index (χ1v) is 12.7. The van der Waals surface area contributed by atoms with Gasteiger partial charge in [-0.2, -0.15) is 0 Å². The Morgan fingerprint density at radius 1 is 0.676 bits per heavy atom. The summed E-state index contributed by atoms with van der Waals surface area (Å²) in [7, 11) is 0. The van der Waals surface area contributed by atoms with E-state index in [9.17, 15) is 10.2 Å². The summed E-state index contributed by atoms with van der Waals surface area (Å²) in [6.45, 7) is 1.67. The van der Waals surface area contributed by atoms with Crippen LogP contribution in [0.1, 0.15) is 24.0 Å². The molecule has 0 saturated heterocycles. The van der Waals surface area contributed by atoms with E-state index in [0.29, 0.717) is 6.61 Å². The van der Waals surface area contributed by atoms with Gasteiger partial charge < -0.3 is 19.8 Å². The quantitative estimate of drug-likeness (QED) is 0.238. The number of nitrogens with zero attached hydrogens (tertiary/aromatic N) is 1. The van der Waals surface area contributed by atoms with Gasteiger partial charge in [0.15, 0.2) is 0 Å². The van der Waals surface area contributed by atoms with E-state index in [1.165, 1.54) is 11.1 Å². The second-order valence-corrected chi connectivity index (χ2v) is 9.23. The van der Waals surface area contributed by atoms with Gasteiger partial charge in [0.05, 0.1) is 6.61 Å². The Kier molecular flexibility index (Phi) is 7.56. The zero-order chi connectivity index (χ0) is 25.5. The van der Waals surface area contributed by atoms with Crippen molar-refractivity contribution >= 4 is 10.8 Å². The highest BCUT2D eigenvalue weighted by molar-refractivity contribution is 5.93. The maximum absolute atomic E-state index is 9.99. The molecule has 1 heterocycles. The molecular weight excluding hydrogens is 458 g/mol. The van der Waals surface area contributed by atoms with Gasteiger partial charge in [0.25, 0.3) is 0 Å². The molecule has 37 heavy (non-hydrogen) atoms. The monoisotopic (exact) mass is 489 g/mol. The third kappa shape index (κ3) is 6.22. The van der Waals surface area contributed by atoms with Gasteiger partial charge in [0.2, 0.25) is 0 Å². The van der Waals surface area contributed by atoms with Crippen molar-refractivity contribution in [3.8, 4) is 28.4 Å². The lowest BCUT2D eigenvalue weighted by molar-refractivity contribution is 0.300. The van der Waals surface area contributed by atoms with E-state index in [0.717, 1.165) is 53.5 Å². The number of allylic oxidation sites excluding steroid dienone is 4. The normalized spacial score (nSPS) is 12.7. The largest absolute Gasteiger partial charge is 0.508 e. The van der Waals surface area contributed by atoms with Crippen molar-refractivity contribution in [2.45, 2.75) is 19.3 Å². The third-order valence-electron chi connectivity index (χ3n) is 6.57. The maximum Gasteiger partial charge on any atom is 0.119 e. The first-order valence-electron chi connectivity index (χ1n) is 12.7. The van der Waals surface area contributed by atoms with Crippen LogP contribution < -0.4 is 4.74 Å². The molecule has 4 nitrogen and oxygen atoms in total. The lowest BCUT2D eigenvalue weighted by Gasteiger charge is -2.15. The van der Waals surface area contributed by atoms with E-state index in [1.807, 2.05) is 60.7 Å². The van der Waals surface area contributed by atoms with E-state index >= 15 is 0 Å². The van der Waals surface area contributed by atoms with Gasteiger partial charge in [0, 0.05) is 18.9 Å². The number of hydrogen-bond donors (Lipinski definition) is 2. The molecule has 0 aromatic heterocycles. The number of phenols is 2. The second kappa shape index (κ2) is 11.5. The number of phenolic OH excluding ortho intramolecular Hbond substituents is 2. The summed E-state index contributed by atoms with van der Waals surface area (Å²) in [5.41, 5.74) is 4.53. The first-order chi connectivity index (χ1) is 18.2. The fourth-order valence-corrected chi connectivity index (χ4v) is 4.63. The molecule has 4 aromatic carbocycles. The molecule has 0 bridgehead atoms. The van der Waals surface area contributed by atoms with Crippen LogP contribution in [0.2, 0.25) is 0 Å². The molecule has 0 fully saturated rings. The maximum atomic E-state index is 9.99. The van der Waals surface area contributed by atoms with Gasteiger partial charge in [0.1, 0.15) is 17.2 Å². The third-order valence-corrected chi connectivity index (χ3v) is 6.57. The molecule has 0 saturated carbocycles. The van der Waals surface area contributed by atoms with Crippen LogP contribution in [-0.2, 0) is 6.42 Å². The van der Waals surface area contributed by atoms with E-state index in [-0.39, 0.29) is 11.5 Å². The number of fused-ring (bicyclic) bond motifs is 1. The summed E-state index contributed by atoms with van der Waals surface area (Å²) in [5, 5.41) is 21.8. The van der Waals surface area contributed by atoms with Gasteiger partial charge in [-0.25, -0.2) is 0 Å². The Morgan fingerprint density at radius 2 is 1.41 bits per heavy atom. The lowest BCUT2D eigenvalue weighted by atomic mass is 9.90. The van der Waals surface area contributed by atoms with Crippen molar-refractivity contribution in [2.24, 2.45) is 0 Å². The number of rotatable bonds is 9. The molecule has 0 amide bonds. The second-order valence-electron chi connectivity index (χ2n) is 9.23. The number of ether oxygens (including phenoxy) is 1. The minimum absolute atomic E-state index is 0.250. The average molecular weight is 490 g/mol. The Labute approximate surface area is 218 Å². The van der Waals surface area contributed by atoms with Crippen molar-refractivity contribution < 1.29 is 14.9 Å². The van der Waals surface area contributed by atoms with Crippen molar-refractivity contribution in [3.63, 3.8) is 0 Å². The molecule has 5 rings (SSSR count). The lowest BCUT2D eigenvalue weighted by Crippen LogP contribution is -2.11. The van der Waals surface area contributed by atoms with Gasteiger partial charge in [-0.3, -0.25) is 0 Å². The molecule has 1 aliphatic rings. The fourth-order valence-electron chi connectivity index (χ4n) is 4.63. The summed E-state index contributed by atoms with van der Waals surface area (Å²) < 4.78 is 5.99. The highest BCUT2D eigenvalue weighted by Gasteiger charge is 2.12. The average Bonchev–Trinajstić information content (AvgIpc) is 3.19. The number of unbranched alkanes of at least 4 members (excludes halogenated alkanes) is 1. The molecule has 2 N–H and O–H groups in total. The molecule has 0 spiro atoms. The Bertz CT molecular complexity index is 1420. The standard InChI is InChI=1S/C33H31NO3/c35-28-12-9-26(10-13-28)31-17-11-27-24-29(36)14-18-32(27)33(31)23-25-7-15-30(16-8-25)37-22-6-5-21-34-19-3-1-2-4-20-34/h1-4,7-20,24,35-36H,5-6,21-23H2. The Hall–Kier alpha value is -4.44. The van der Waals surface area contributed by atoms with Crippen molar-refractivity contribution in [1.29, 1.82) is 0 Å². The molecule has 0 aliphatic carbocycles. The van der Waals surface area contributed by atoms with Crippen molar-refractivity contribution in [2.75, 3.05) is 13.2 Å². The van der Waals surface area contributed by atoms with Gasteiger partial charge >= 0.3 is 0 Å². The summed E-state index contributed by atoms with van der Waals surface area (Å²) >= 11 is 0. The molecule has 4 aromatic rings. The minimum atomic E-state index is 0.250. The van der Waals surface area contributed by atoms with Crippen LogP contribution >= 0.6 is 0 Å². The van der Waals surface area contributed by atoms with Crippen LogP contribution in [0, 0.1) is 0 Å². The zero-order valence-electron chi connectivity index (χ0n) is 20.8. The molecule has 1 aliphatic heterocycles. The smallest absolute Gasteiger partial charge is 0.119 e. The zero-order valence-corrected chi connectivity index (χ0v) is 20.8.